The van der Waals surface area contributed by atoms with Crippen molar-refractivity contribution < 1.29 is 19.2 Å². The molecule has 0 radical (unpaired) electrons. The molecule has 0 saturated heterocycles. The molecule has 2 unspecified atom stereocenters. The molecule has 1 amide bonds. The first-order valence-electron chi connectivity index (χ1n) is 6.62. The van der Waals surface area contributed by atoms with Gasteiger partial charge < -0.3 is 14.9 Å². The molecule has 0 aromatic heterocycles. The molecule has 2 rings (SSSR count). The molecular weight excluding hydrogens is 301 g/mol. The quantitative estimate of drug-likeness (QED) is 0.802. The number of carboxylic acid groups (broad SMARTS) is 1. The standard InChI is InChI=1S/C16H16NO4P/c18-15(12-9-5-2-6-10-12)17-13(14(21-22)16(19)20)11-7-3-1-4-8-11/h1-10,13-14H,22H2,(H,17,18)(H,19,20)/t13?,14-/m1/s1. The fourth-order valence-electron chi connectivity index (χ4n) is 2.09. The van der Waals surface area contributed by atoms with Gasteiger partial charge in [0.15, 0.2) is 6.10 Å². The SMILES string of the molecule is O=C(NC(c1ccccc1)[C@@H](OP)C(=O)O)c1ccccc1. The molecule has 5 nitrogen and oxygen atoms in total. The van der Waals surface area contributed by atoms with Crippen molar-refractivity contribution in [2.24, 2.45) is 0 Å². The van der Waals surface area contributed by atoms with E-state index in [9.17, 15) is 14.7 Å². The molecule has 0 spiro atoms. The number of hydrogen-bond donors (Lipinski definition) is 2. The largest absolute Gasteiger partial charge is 0.479 e. The third kappa shape index (κ3) is 3.91. The van der Waals surface area contributed by atoms with E-state index in [2.05, 4.69) is 5.32 Å². The Morgan fingerprint density at radius 2 is 1.55 bits per heavy atom. The Morgan fingerprint density at radius 3 is 2.05 bits per heavy atom. The zero-order valence-corrected chi connectivity index (χ0v) is 12.8. The molecule has 0 fully saturated rings. The molecule has 2 N–H and O–H groups in total. The van der Waals surface area contributed by atoms with Crippen LogP contribution in [-0.4, -0.2) is 23.1 Å². The average molecular weight is 317 g/mol. The van der Waals surface area contributed by atoms with E-state index in [1.54, 1.807) is 54.6 Å². The summed E-state index contributed by atoms with van der Waals surface area (Å²) in [5.74, 6) is -1.51. The van der Waals surface area contributed by atoms with E-state index < -0.39 is 18.1 Å². The normalized spacial score (nSPS) is 13.1. The third-order valence-electron chi connectivity index (χ3n) is 3.17. The van der Waals surface area contributed by atoms with Crippen molar-refractivity contribution in [3.8, 4) is 0 Å². The highest BCUT2D eigenvalue weighted by Gasteiger charge is 2.31. The Kier molecular flexibility index (Phi) is 5.64. The van der Waals surface area contributed by atoms with Crippen LogP contribution in [0.15, 0.2) is 60.7 Å². The van der Waals surface area contributed by atoms with Crippen LogP contribution in [-0.2, 0) is 9.32 Å². The van der Waals surface area contributed by atoms with Gasteiger partial charge in [-0.1, -0.05) is 48.5 Å². The molecule has 0 aliphatic carbocycles. The van der Waals surface area contributed by atoms with Crippen LogP contribution < -0.4 is 5.32 Å². The fourth-order valence-corrected chi connectivity index (χ4v) is 2.36. The second-order valence-electron chi connectivity index (χ2n) is 4.62. The van der Waals surface area contributed by atoms with Crippen molar-refractivity contribution in [1.82, 2.24) is 5.32 Å². The molecule has 0 saturated carbocycles. The molecule has 0 aliphatic heterocycles. The molecule has 114 valence electrons. The number of carbonyl (C=O) groups excluding carboxylic acids is 1. The van der Waals surface area contributed by atoms with Crippen molar-refractivity contribution in [1.29, 1.82) is 0 Å². The Bertz CT molecular complexity index is 633. The number of aliphatic carboxylic acids is 1. The van der Waals surface area contributed by atoms with Gasteiger partial charge in [-0.3, -0.25) is 4.79 Å². The predicted molar refractivity (Wildman–Crippen MR) is 85.3 cm³/mol. The smallest absolute Gasteiger partial charge is 0.335 e. The highest BCUT2D eigenvalue weighted by molar-refractivity contribution is 7.09. The number of amides is 1. The van der Waals surface area contributed by atoms with Crippen LogP contribution in [0.25, 0.3) is 0 Å². The predicted octanol–water partition coefficient (Wildman–Crippen LogP) is 2.42. The maximum Gasteiger partial charge on any atom is 0.335 e. The molecule has 0 aliphatic rings. The van der Waals surface area contributed by atoms with Crippen LogP contribution in [0.3, 0.4) is 0 Å². The van der Waals surface area contributed by atoms with Gasteiger partial charge in [0.05, 0.1) is 6.04 Å². The van der Waals surface area contributed by atoms with Crippen LogP contribution in [0.2, 0.25) is 0 Å². The summed E-state index contributed by atoms with van der Waals surface area (Å²) in [6.07, 6.45) is -1.21. The Labute approximate surface area is 130 Å². The monoisotopic (exact) mass is 317 g/mol. The molecule has 3 atom stereocenters. The first-order chi connectivity index (χ1) is 10.6. The third-order valence-corrected chi connectivity index (χ3v) is 3.47. The number of hydrogen-bond acceptors (Lipinski definition) is 3. The Hall–Kier alpha value is -2.23. The maximum atomic E-state index is 12.3. The van der Waals surface area contributed by atoms with Crippen molar-refractivity contribution in [3.05, 3.63) is 71.8 Å². The van der Waals surface area contributed by atoms with Gasteiger partial charge in [-0.05, 0) is 17.7 Å². The van der Waals surface area contributed by atoms with Crippen LogP contribution >= 0.6 is 9.47 Å². The summed E-state index contributed by atoms with van der Waals surface area (Å²) < 4.78 is 4.97. The van der Waals surface area contributed by atoms with Gasteiger partial charge in [-0.15, -0.1) is 0 Å². The molecule has 6 heteroatoms. The lowest BCUT2D eigenvalue weighted by atomic mass is 10.0. The fraction of sp³-hybridized carbons (Fsp3) is 0.125. The van der Waals surface area contributed by atoms with Gasteiger partial charge in [-0.25, -0.2) is 4.79 Å². The van der Waals surface area contributed by atoms with Crippen molar-refractivity contribution >= 4 is 21.3 Å². The van der Waals surface area contributed by atoms with E-state index >= 15 is 0 Å². The Morgan fingerprint density at radius 1 is 1.00 bits per heavy atom. The number of carboxylic acids is 1. The van der Waals surface area contributed by atoms with Crippen molar-refractivity contribution in [2.45, 2.75) is 12.1 Å². The lowest BCUT2D eigenvalue weighted by Gasteiger charge is -2.24. The van der Waals surface area contributed by atoms with Gasteiger partial charge in [0.1, 0.15) is 0 Å². The van der Waals surface area contributed by atoms with Gasteiger partial charge in [0.2, 0.25) is 0 Å². The summed E-state index contributed by atoms with van der Waals surface area (Å²) in [6.45, 7) is 0. The number of nitrogens with one attached hydrogen (secondary N) is 1. The molecule has 22 heavy (non-hydrogen) atoms. The van der Waals surface area contributed by atoms with Gasteiger partial charge in [-0.2, -0.15) is 0 Å². The van der Waals surface area contributed by atoms with Gasteiger partial charge in [0.25, 0.3) is 5.91 Å². The van der Waals surface area contributed by atoms with Crippen LogP contribution in [0.1, 0.15) is 22.0 Å². The molecular formula is C16H16NO4P. The summed E-state index contributed by atoms with van der Waals surface area (Å²) in [5.41, 5.74) is 1.11. The number of benzene rings is 2. The minimum Gasteiger partial charge on any atom is -0.479 e. The molecule has 0 heterocycles. The summed E-state index contributed by atoms with van der Waals surface area (Å²) in [7, 11) is 1.94. The summed E-state index contributed by atoms with van der Waals surface area (Å²) >= 11 is 0. The lowest BCUT2D eigenvalue weighted by molar-refractivity contribution is -0.145. The molecule has 2 aromatic carbocycles. The number of rotatable bonds is 6. The zero-order chi connectivity index (χ0) is 15.9. The van der Waals surface area contributed by atoms with Crippen LogP contribution in [0.5, 0.6) is 0 Å². The van der Waals surface area contributed by atoms with Gasteiger partial charge in [0, 0.05) is 15.0 Å². The van der Waals surface area contributed by atoms with Crippen LogP contribution in [0.4, 0.5) is 0 Å². The highest BCUT2D eigenvalue weighted by atomic mass is 31.0. The summed E-state index contributed by atoms with van der Waals surface area (Å²) in [4.78, 5) is 23.7. The summed E-state index contributed by atoms with van der Waals surface area (Å²) in [5, 5.41) is 12.0. The average Bonchev–Trinajstić information content (AvgIpc) is 2.55. The summed E-state index contributed by atoms with van der Waals surface area (Å²) in [6, 6.07) is 16.7. The Balaban J connectivity index is 2.29. The minimum absolute atomic E-state index is 0.359. The van der Waals surface area contributed by atoms with E-state index in [0.29, 0.717) is 11.1 Å². The molecule has 0 bridgehead atoms. The maximum absolute atomic E-state index is 12.3. The zero-order valence-electron chi connectivity index (χ0n) is 11.7. The van der Waals surface area contributed by atoms with Crippen molar-refractivity contribution in [2.75, 3.05) is 0 Å². The lowest BCUT2D eigenvalue weighted by Crippen LogP contribution is -2.40. The van der Waals surface area contributed by atoms with E-state index in [4.69, 9.17) is 4.52 Å². The van der Waals surface area contributed by atoms with E-state index in [1.165, 1.54) is 0 Å². The van der Waals surface area contributed by atoms with E-state index in [-0.39, 0.29) is 5.91 Å². The second-order valence-corrected chi connectivity index (χ2v) is 4.89. The first-order valence-corrected chi connectivity index (χ1v) is 7.10. The van der Waals surface area contributed by atoms with Crippen molar-refractivity contribution in [3.63, 3.8) is 0 Å². The highest BCUT2D eigenvalue weighted by Crippen LogP contribution is 2.22. The number of carbonyl (C=O) groups is 2. The van der Waals surface area contributed by atoms with Gasteiger partial charge >= 0.3 is 5.97 Å². The molecule has 2 aromatic rings. The first kappa shape index (κ1) is 16.1. The van der Waals surface area contributed by atoms with Crippen LogP contribution in [0, 0.1) is 0 Å². The topological polar surface area (TPSA) is 75.6 Å². The second kappa shape index (κ2) is 7.69. The van der Waals surface area contributed by atoms with E-state index in [1.807, 2.05) is 15.5 Å². The van der Waals surface area contributed by atoms with E-state index in [0.717, 1.165) is 0 Å². The minimum atomic E-state index is -1.21.